The van der Waals surface area contributed by atoms with Crippen molar-refractivity contribution in [3.63, 3.8) is 0 Å². The monoisotopic (exact) mass is 720 g/mol. The maximum Gasteiger partial charge on any atom is 0.160 e. The fourth-order valence-corrected chi connectivity index (χ4v) is 8.28. The Morgan fingerprint density at radius 1 is 0.309 bits per heavy atom. The van der Waals surface area contributed by atoms with Crippen LogP contribution in [-0.4, -0.2) is 19.9 Å². The molecule has 0 N–H and O–H groups in total. The van der Waals surface area contributed by atoms with Gasteiger partial charge in [0.1, 0.15) is 0 Å². The molecular formula is C50H32N4S. The largest absolute Gasteiger partial charge is 0.228 e. The van der Waals surface area contributed by atoms with Crippen molar-refractivity contribution in [3.05, 3.63) is 194 Å². The Morgan fingerprint density at radius 3 is 1.33 bits per heavy atom. The minimum atomic E-state index is 0.652. The lowest BCUT2D eigenvalue weighted by Gasteiger charge is -2.12. The lowest BCUT2D eigenvalue weighted by molar-refractivity contribution is 1.18. The van der Waals surface area contributed by atoms with Crippen LogP contribution < -0.4 is 0 Å². The van der Waals surface area contributed by atoms with Crippen molar-refractivity contribution in [3.8, 4) is 78.8 Å². The van der Waals surface area contributed by atoms with Gasteiger partial charge in [-0.3, -0.25) is 0 Å². The first-order valence-electron chi connectivity index (χ1n) is 18.3. The Bertz CT molecular complexity index is 2860. The number of hydrogen-bond acceptors (Lipinski definition) is 5. The summed E-state index contributed by atoms with van der Waals surface area (Å²) in [7, 11) is 0. The van der Waals surface area contributed by atoms with E-state index in [1.54, 1.807) is 11.3 Å². The molecule has 10 rings (SSSR count). The Kier molecular flexibility index (Phi) is 8.32. The van der Waals surface area contributed by atoms with Gasteiger partial charge in [-0.2, -0.15) is 0 Å². The van der Waals surface area contributed by atoms with Gasteiger partial charge in [0.05, 0.1) is 27.3 Å². The second-order valence-corrected chi connectivity index (χ2v) is 14.5. The molecule has 0 amide bonds. The third-order valence-corrected chi connectivity index (χ3v) is 11.1. The van der Waals surface area contributed by atoms with Crippen molar-refractivity contribution >= 4 is 31.6 Å². The molecule has 0 atom stereocenters. The van der Waals surface area contributed by atoms with Crippen molar-refractivity contribution in [2.24, 2.45) is 0 Å². The molecule has 0 aliphatic carbocycles. The maximum atomic E-state index is 5.20. The van der Waals surface area contributed by atoms with E-state index in [1.807, 2.05) is 18.2 Å². The van der Waals surface area contributed by atoms with E-state index in [9.17, 15) is 0 Å². The highest BCUT2D eigenvalue weighted by atomic mass is 32.1. The molecule has 5 heteroatoms. The number of benzene rings is 7. The summed E-state index contributed by atoms with van der Waals surface area (Å²) in [5, 5.41) is 1.14. The molecule has 0 saturated carbocycles. The van der Waals surface area contributed by atoms with Gasteiger partial charge < -0.3 is 0 Å². The standard InChI is InChI=1S/C50H32N4S/c1-4-14-33(15-5-1)38-20-12-22-40(30-38)43-32-44(41-23-13-21-39(31-41)34-16-6-2-7-17-34)52-49(51-43)36-26-28-37(29-27-36)50-53-46(35-18-8-3-9-19-35)48-47(54-50)42-24-10-11-25-45(42)55-48/h1-32H. The van der Waals surface area contributed by atoms with Gasteiger partial charge in [0, 0.05) is 37.9 Å². The molecule has 7 aromatic carbocycles. The van der Waals surface area contributed by atoms with Crippen LogP contribution in [0.1, 0.15) is 0 Å². The molecule has 0 spiro atoms. The van der Waals surface area contributed by atoms with E-state index in [4.69, 9.17) is 19.9 Å². The summed E-state index contributed by atoms with van der Waals surface area (Å²) in [5.74, 6) is 1.34. The van der Waals surface area contributed by atoms with Crippen LogP contribution in [0.3, 0.4) is 0 Å². The molecule has 0 unspecified atom stereocenters. The molecule has 0 radical (unpaired) electrons. The smallest absolute Gasteiger partial charge is 0.160 e. The van der Waals surface area contributed by atoms with Crippen molar-refractivity contribution in [2.75, 3.05) is 0 Å². The molecule has 0 saturated heterocycles. The normalized spacial score (nSPS) is 11.3. The third-order valence-electron chi connectivity index (χ3n) is 9.93. The fraction of sp³-hybridized carbons (Fsp3) is 0. The molecule has 0 fully saturated rings. The van der Waals surface area contributed by atoms with Crippen LogP contribution in [0.25, 0.3) is 99.1 Å². The molecule has 3 aromatic heterocycles. The maximum absolute atomic E-state index is 5.20. The number of thiophene rings is 1. The van der Waals surface area contributed by atoms with Crippen LogP contribution in [0, 0.1) is 0 Å². The molecule has 0 aliphatic heterocycles. The predicted molar refractivity (Wildman–Crippen MR) is 229 cm³/mol. The molecule has 4 nitrogen and oxygen atoms in total. The summed E-state index contributed by atoms with van der Waals surface area (Å²) in [6, 6.07) is 67.3. The van der Waals surface area contributed by atoms with Crippen molar-refractivity contribution < 1.29 is 0 Å². The Hall–Kier alpha value is -7.08. The minimum Gasteiger partial charge on any atom is -0.228 e. The molecule has 55 heavy (non-hydrogen) atoms. The fourth-order valence-electron chi connectivity index (χ4n) is 7.13. The summed E-state index contributed by atoms with van der Waals surface area (Å²) < 4.78 is 2.30. The highest BCUT2D eigenvalue weighted by Crippen LogP contribution is 2.40. The van der Waals surface area contributed by atoms with Crippen LogP contribution in [0.2, 0.25) is 0 Å². The van der Waals surface area contributed by atoms with Gasteiger partial charge >= 0.3 is 0 Å². The topological polar surface area (TPSA) is 51.6 Å². The number of nitrogens with zero attached hydrogens (tertiary/aromatic N) is 4. The van der Waals surface area contributed by atoms with Crippen LogP contribution in [0.4, 0.5) is 0 Å². The number of aromatic nitrogens is 4. The summed E-state index contributed by atoms with van der Waals surface area (Å²) in [5.41, 5.74) is 13.2. The van der Waals surface area contributed by atoms with Crippen LogP contribution >= 0.6 is 11.3 Å². The molecule has 0 bridgehead atoms. The molecule has 3 heterocycles. The van der Waals surface area contributed by atoms with Crippen LogP contribution in [-0.2, 0) is 0 Å². The number of fused-ring (bicyclic) bond motifs is 3. The highest BCUT2D eigenvalue weighted by Gasteiger charge is 2.17. The number of rotatable bonds is 7. The molecule has 258 valence electrons. The van der Waals surface area contributed by atoms with Gasteiger partial charge in [0.25, 0.3) is 0 Å². The Balaban J connectivity index is 1.09. The first-order chi connectivity index (χ1) is 27.2. The van der Waals surface area contributed by atoms with Gasteiger partial charge in [0.15, 0.2) is 11.6 Å². The molecule has 10 aromatic rings. The summed E-state index contributed by atoms with van der Waals surface area (Å²) >= 11 is 1.74. The lowest BCUT2D eigenvalue weighted by Crippen LogP contribution is -1.97. The summed E-state index contributed by atoms with van der Waals surface area (Å²) in [4.78, 5) is 20.7. The first-order valence-corrected chi connectivity index (χ1v) is 19.1. The second-order valence-electron chi connectivity index (χ2n) is 13.5. The van der Waals surface area contributed by atoms with Crippen molar-refractivity contribution in [2.45, 2.75) is 0 Å². The average molecular weight is 721 g/mol. The molecule has 0 aliphatic rings. The second kappa shape index (κ2) is 14.0. The zero-order chi connectivity index (χ0) is 36.6. The number of hydrogen-bond donors (Lipinski definition) is 0. The van der Waals surface area contributed by atoms with E-state index in [-0.39, 0.29) is 0 Å². The van der Waals surface area contributed by atoms with Gasteiger partial charge in [-0.25, -0.2) is 19.9 Å². The van der Waals surface area contributed by atoms with Gasteiger partial charge in [-0.15, -0.1) is 11.3 Å². The van der Waals surface area contributed by atoms with E-state index < -0.39 is 0 Å². The average Bonchev–Trinajstić information content (AvgIpc) is 3.66. The minimum absolute atomic E-state index is 0.652. The van der Waals surface area contributed by atoms with E-state index in [0.29, 0.717) is 11.6 Å². The van der Waals surface area contributed by atoms with E-state index in [1.165, 1.54) is 4.70 Å². The van der Waals surface area contributed by atoms with E-state index in [2.05, 4.69) is 176 Å². The van der Waals surface area contributed by atoms with E-state index in [0.717, 1.165) is 82.8 Å². The zero-order valence-electron chi connectivity index (χ0n) is 29.7. The van der Waals surface area contributed by atoms with Crippen LogP contribution in [0.5, 0.6) is 0 Å². The summed E-state index contributed by atoms with van der Waals surface area (Å²) in [6.45, 7) is 0. The SMILES string of the molecule is c1ccc(-c2cccc(-c3cc(-c4cccc(-c5ccccc5)c4)nc(-c4ccc(-c5nc(-c6ccccc6)c6sc7ccccc7c6n5)cc4)n3)c2)cc1. The van der Waals surface area contributed by atoms with Gasteiger partial charge in [0.2, 0.25) is 0 Å². The lowest BCUT2D eigenvalue weighted by atomic mass is 9.99. The molecular weight excluding hydrogens is 689 g/mol. The van der Waals surface area contributed by atoms with Crippen LogP contribution in [0.15, 0.2) is 194 Å². The Labute approximate surface area is 323 Å². The quantitative estimate of drug-likeness (QED) is 0.164. The zero-order valence-corrected chi connectivity index (χ0v) is 30.5. The Morgan fingerprint density at radius 2 is 0.764 bits per heavy atom. The predicted octanol–water partition coefficient (Wildman–Crippen LogP) is 13.3. The third kappa shape index (κ3) is 6.37. The first kappa shape index (κ1) is 32.6. The summed E-state index contributed by atoms with van der Waals surface area (Å²) in [6.07, 6.45) is 0. The highest BCUT2D eigenvalue weighted by molar-refractivity contribution is 7.26. The van der Waals surface area contributed by atoms with E-state index >= 15 is 0 Å². The van der Waals surface area contributed by atoms with Gasteiger partial charge in [-0.1, -0.05) is 170 Å². The van der Waals surface area contributed by atoms with Crippen molar-refractivity contribution in [1.29, 1.82) is 0 Å². The van der Waals surface area contributed by atoms with Gasteiger partial charge in [-0.05, 0) is 46.5 Å². The van der Waals surface area contributed by atoms with Crippen molar-refractivity contribution in [1.82, 2.24) is 19.9 Å².